The minimum atomic E-state index is -3.79. The number of nitrogens with one attached hydrogen (secondary N) is 1. The number of rotatable bonds is 5. The Morgan fingerprint density at radius 1 is 1.00 bits per heavy atom. The summed E-state index contributed by atoms with van der Waals surface area (Å²) in [6.45, 7) is 0.135. The monoisotopic (exact) mass is 381 g/mol. The van der Waals surface area contributed by atoms with Crippen LogP contribution < -0.4 is 5.32 Å². The predicted molar refractivity (Wildman–Crippen MR) is 92.3 cm³/mol. The van der Waals surface area contributed by atoms with Crippen LogP contribution >= 0.6 is 0 Å². The van der Waals surface area contributed by atoms with Crippen molar-refractivity contribution < 1.29 is 22.0 Å². The second-order valence-electron chi connectivity index (χ2n) is 5.86. The van der Waals surface area contributed by atoms with Gasteiger partial charge in [-0.05, 0) is 35.9 Å². The molecule has 0 atom stereocenters. The molecule has 1 saturated heterocycles. The Morgan fingerprint density at radius 2 is 1.69 bits per heavy atom. The number of carbonyl (C=O) groups is 1. The second-order valence-corrected chi connectivity index (χ2v) is 7.79. The van der Waals surface area contributed by atoms with Crippen LogP contribution in [-0.2, 0) is 21.5 Å². The molecule has 0 aromatic heterocycles. The second kappa shape index (κ2) is 7.48. The fraction of sp³-hybridized carbons (Fsp3) is 0.235. The largest absolute Gasteiger partial charge is 0.325 e. The molecule has 2 aromatic carbocycles. The van der Waals surface area contributed by atoms with Gasteiger partial charge in [0, 0.05) is 25.3 Å². The first-order valence-corrected chi connectivity index (χ1v) is 9.29. The average Bonchev–Trinajstić information content (AvgIpc) is 2.84. The first-order valence-electron chi connectivity index (χ1n) is 7.90. The standard InChI is InChI=1S/C17H17F2N3O3S/c18-14-6-4-13(5-7-14)11-21-8-9-22(26(21,24)25)12-17(23)20-16-3-1-2-15(19)10-16/h1-7,10H,8-9,11-12H2,(H,20,23). The highest BCUT2D eigenvalue weighted by atomic mass is 32.2. The summed E-state index contributed by atoms with van der Waals surface area (Å²) in [7, 11) is -3.79. The van der Waals surface area contributed by atoms with E-state index in [1.165, 1.54) is 46.8 Å². The highest BCUT2D eigenvalue weighted by Gasteiger charge is 2.37. The third-order valence-corrected chi connectivity index (χ3v) is 5.88. The van der Waals surface area contributed by atoms with Gasteiger partial charge in [-0.1, -0.05) is 18.2 Å². The van der Waals surface area contributed by atoms with Gasteiger partial charge in [-0.3, -0.25) is 4.79 Å². The zero-order chi connectivity index (χ0) is 18.7. The van der Waals surface area contributed by atoms with Gasteiger partial charge in [-0.25, -0.2) is 8.78 Å². The Hall–Kier alpha value is -2.36. The zero-order valence-electron chi connectivity index (χ0n) is 13.7. The van der Waals surface area contributed by atoms with E-state index in [9.17, 15) is 22.0 Å². The smallest absolute Gasteiger partial charge is 0.282 e. The van der Waals surface area contributed by atoms with Gasteiger partial charge in [0.2, 0.25) is 5.91 Å². The molecule has 1 aliphatic rings. The SMILES string of the molecule is O=C(CN1CCN(Cc2ccc(F)cc2)S1(=O)=O)Nc1cccc(F)c1. The summed E-state index contributed by atoms with van der Waals surface area (Å²) in [4.78, 5) is 12.1. The normalized spacial score (nSPS) is 17.3. The molecule has 0 aliphatic carbocycles. The number of nitrogens with zero attached hydrogens (tertiary/aromatic N) is 2. The van der Waals surface area contributed by atoms with Crippen LogP contribution in [0.25, 0.3) is 0 Å². The van der Waals surface area contributed by atoms with E-state index in [1.807, 2.05) is 0 Å². The lowest BCUT2D eigenvalue weighted by atomic mass is 10.2. The van der Waals surface area contributed by atoms with Crippen LogP contribution in [0.5, 0.6) is 0 Å². The summed E-state index contributed by atoms with van der Waals surface area (Å²) in [6, 6.07) is 10.9. The summed E-state index contributed by atoms with van der Waals surface area (Å²) in [5.41, 5.74) is 0.913. The lowest BCUT2D eigenvalue weighted by Gasteiger charge is -2.18. The molecule has 1 fully saturated rings. The molecule has 1 heterocycles. The van der Waals surface area contributed by atoms with E-state index in [4.69, 9.17) is 0 Å². The number of amides is 1. The number of benzene rings is 2. The van der Waals surface area contributed by atoms with Gasteiger partial charge in [0.05, 0.1) is 6.54 Å². The third-order valence-electron chi connectivity index (χ3n) is 3.95. The molecule has 6 nitrogen and oxygen atoms in total. The Bertz CT molecular complexity index is 904. The van der Waals surface area contributed by atoms with Crippen molar-refractivity contribution in [2.45, 2.75) is 6.54 Å². The maximum absolute atomic E-state index is 13.1. The molecule has 0 unspecified atom stereocenters. The molecule has 138 valence electrons. The maximum atomic E-state index is 13.1. The first kappa shape index (κ1) is 18.4. The van der Waals surface area contributed by atoms with E-state index in [-0.39, 0.29) is 31.9 Å². The maximum Gasteiger partial charge on any atom is 0.282 e. The van der Waals surface area contributed by atoms with E-state index in [2.05, 4.69) is 5.32 Å². The highest BCUT2D eigenvalue weighted by Crippen LogP contribution is 2.20. The van der Waals surface area contributed by atoms with Crippen LogP contribution in [0, 0.1) is 11.6 Å². The van der Waals surface area contributed by atoms with E-state index in [0.717, 1.165) is 10.4 Å². The fourth-order valence-electron chi connectivity index (χ4n) is 2.66. The van der Waals surface area contributed by atoms with Gasteiger partial charge in [-0.2, -0.15) is 17.0 Å². The highest BCUT2D eigenvalue weighted by molar-refractivity contribution is 7.87. The molecule has 0 bridgehead atoms. The zero-order valence-corrected chi connectivity index (χ0v) is 14.5. The minimum Gasteiger partial charge on any atom is -0.325 e. The van der Waals surface area contributed by atoms with Crippen molar-refractivity contribution in [2.24, 2.45) is 0 Å². The van der Waals surface area contributed by atoms with Gasteiger partial charge in [0.1, 0.15) is 11.6 Å². The third kappa shape index (κ3) is 4.24. The lowest BCUT2D eigenvalue weighted by molar-refractivity contribution is -0.116. The lowest BCUT2D eigenvalue weighted by Crippen LogP contribution is -2.37. The molecule has 0 radical (unpaired) electrons. The summed E-state index contributed by atoms with van der Waals surface area (Å²) in [5.74, 6) is -1.45. The minimum absolute atomic E-state index is 0.102. The molecule has 0 spiro atoms. The van der Waals surface area contributed by atoms with Crippen LogP contribution in [0.3, 0.4) is 0 Å². The van der Waals surface area contributed by atoms with Gasteiger partial charge < -0.3 is 5.32 Å². The molecule has 0 saturated carbocycles. The Kier molecular flexibility index (Phi) is 5.30. The average molecular weight is 381 g/mol. The molecular weight excluding hydrogens is 364 g/mol. The van der Waals surface area contributed by atoms with E-state index >= 15 is 0 Å². The summed E-state index contributed by atoms with van der Waals surface area (Å²) in [5, 5.41) is 2.47. The van der Waals surface area contributed by atoms with Gasteiger partial charge in [0.25, 0.3) is 10.2 Å². The van der Waals surface area contributed by atoms with Crippen molar-refractivity contribution in [1.29, 1.82) is 0 Å². The number of anilines is 1. The molecule has 1 N–H and O–H groups in total. The van der Waals surface area contributed by atoms with Crippen molar-refractivity contribution in [3.63, 3.8) is 0 Å². The van der Waals surface area contributed by atoms with Crippen molar-refractivity contribution in [1.82, 2.24) is 8.61 Å². The molecular formula is C17H17F2N3O3S. The van der Waals surface area contributed by atoms with Crippen LogP contribution in [-0.4, -0.2) is 42.6 Å². The van der Waals surface area contributed by atoms with Crippen molar-refractivity contribution in [3.05, 3.63) is 65.7 Å². The Morgan fingerprint density at radius 3 is 2.38 bits per heavy atom. The van der Waals surface area contributed by atoms with Gasteiger partial charge >= 0.3 is 0 Å². The summed E-state index contributed by atoms with van der Waals surface area (Å²) < 4.78 is 53.5. The van der Waals surface area contributed by atoms with E-state index < -0.39 is 27.8 Å². The van der Waals surface area contributed by atoms with Crippen LogP contribution in [0.4, 0.5) is 14.5 Å². The predicted octanol–water partition coefficient (Wildman–Crippen LogP) is 1.97. The first-order chi connectivity index (χ1) is 12.3. The molecule has 2 aromatic rings. The van der Waals surface area contributed by atoms with Crippen LogP contribution in [0.1, 0.15) is 5.56 Å². The number of halogens is 2. The molecule has 3 rings (SSSR count). The summed E-state index contributed by atoms with van der Waals surface area (Å²) >= 11 is 0. The van der Waals surface area contributed by atoms with Crippen molar-refractivity contribution >= 4 is 21.8 Å². The van der Waals surface area contributed by atoms with Gasteiger partial charge in [0.15, 0.2) is 0 Å². The molecule has 1 amide bonds. The summed E-state index contributed by atoms with van der Waals surface area (Å²) in [6.07, 6.45) is 0. The van der Waals surface area contributed by atoms with Crippen LogP contribution in [0.2, 0.25) is 0 Å². The Labute approximate surface area is 150 Å². The van der Waals surface area contributed by atoms with E-state index in [1.54, 1.807) is 0 Å². The number of carbonyl (C=O) groups excluding carboxylic acids is 1. The van der Waals surface area contributed by atoms with Crippen molar-refractivity contribution in [2.75, 3.05) is 25.0 Å². The molecule has 26 heavy (non-hydrogen) atoms. The van der Waals surface area contributed by atoms with Gasteiger partial charge in [-0.15, -0.1) is 0 Å². The van der Waals surface area contributed by atoms with Crippen molar-refractivity contribution in [3.8, 4) is 0 Å². The van der Waals surface area contributed by atoms with E-state index in [0.29, 0.717) is 5.56 Å². The topological polar surface area (TPSA) is 69.7 Å². The van der Waals surface area contributed by atoms with Crippen LogP contribution in [0.15, 0.2) is 48.5 Å². The quantitative estimate of drug-likeness (QED) is 0.861. The molecule has 1 aliphatic heterocycles. The Balaban J connectivity index is 1.62. The molecule has 9 heteroatoms. The number of hydrogen-bond acceptors (Lipinski definition) is 3. The fourth-order valence-corrected chi connectivity index (χ4v) is 4.20. The number of hydrogen-bond donors (Lipinski definition) is 1.